The number of oxime groups is 1. The van der Waals surface area contributed by atoms with Gasteiger partial charge in [0.1, 0.15) is 0 Å². The molecule has 0 spiro atoms. The first-order valence-corrected chi connectivity index (χ1v) is 2.84. The molecular formula is C5H10N2O. The molecule has 0 amide bonds. The van der Waals surface area contributed by atoms with Crippen LogP contribution in [0, 0.1) is 0 Å². The van der Waals surface area contributed by atoms with Gasteiger partial charge in [-0.1, -0.05) is 0 Å². The molecule has 0 radical (unpaired) electrons. The minimum Gasteiger partial charge on any atom is -0.411 e. The predicted octanol–water partition coefficient (Wildman–Crippen LogP) is 0.198. The SMILES string of the molecule is ON=CC1CCCN1. The third kappa shape index (κ3) is 1.20. The van der Waals surface area contributed by atoms with Crippen molar-refractivity contribution in [1.29, 1.82) is 0 Å². The summed E-state index contributed by atoms with van der Waals surface area (Å²) >= 11 is 0. The van der Waals surface area contributed by atoms with Crippen LogP contribution in [0.3, 0.4) is 0 Å². The van der Waals surface area contributed by atoms with E-state index in [0.717, 1.165) is 13.0 Å². The summed E-state index contributed by atoms with van der Waals surface area (Å²) in [6.07, 6.45) is 3.83. The molecular weight excluding hydrogens is 104 g/mol. The second-order valence-electron chi connectivity index (χ2n) is 1.97. The van der Waals surface area contributed by atoms with Crippen LogP contribution in [0.5, 0.6) is 0 Å². The lowest BCUT2D eigenvalue weighted by atomic mass is 10.2. The Balaban J connectivity index is 2.24. The molecule has 0 aliphatic carbocycles. The fourth-order valence-corrected chi connectivity index (χ4v) is 0.919. The zero-order valence-electron chi connectivity index (χ0n) is 4.67. The molecule has 0 saturated carbocycles. The van der Waals surface area contributed by atoms with Crippen LogP contribution >= 0.6 is 0 Å². The average Bonchev–Trinajstić information content (AvgIpc) is 2.19. The maximum Gasteiger partial charge on any atom is 0.0605 e. The number of nitrogens with one attached hydrogen (secondary N) is 1. The van der Waals surface area contributed by atoms with E-state index in [2.05, 4.69) is 10.5 Å². The van der Waals surface area contributed by atoms with E-state index in [4.69, 9.17) is 5.21 Å². The summed E-state index contributed by atoms with van der Waals surface area (Å²) in [6, 6.07) is 0.319. The summed E-state index contributed by atoms with van der Waals surface area (Å²) in [5.41, 5.74) is 0. The smallest absolute Gasteiger partial charge is 0.0605 e. The molecule has 1 aliphatic rings. The molecule has 1 atom stereocenters. The van der Waals surface area contributed by atoms with E-state index >= 15 is 0 Å². The molecule has 0 aromatic rings. The largest absolute Gasteiger partial charge is 0.411 e. The summed E-state index contributed by atoms with van der Waals surface area (Å²) in [7, 11) is 0. The van der Waals surface area contributed by atoms with Crippen molar-refractivity contribution < 1.29 is 5.21 Å². The van der Waals surface area contributed by atoms with Crippen LogP contribution in [0.2, 0.25) is 0 Å². The molecule has 8 heavy (non-hydrogen) atoms. The quantitative estimate of drug-likeness (QED) is 0.290. The van der Waals surface area contributed by atoms with Gasteiger partial charge in [0.25, 0.3) is 0 Å². The zero-order valence-corrected chi connectivity index (χ0v) is 4.67. The summed E-state index contributed by atoms with van der Waals surface area (Å²) in [5, 5.41) is 14.1. The highest BCUT2D eigenvalue weighted by Gasteiger charge is 2.10. The number of hydrogen-bond donors (Lipinski definition) is 2. The lowest BCUT2D eigenvalue weighted by Crippen LogP contribution is -2.22. The first-order valence-electron chi connectivity index (χ1n) is 2.84. The van der Waals surface area contributed by atoms with E-state index in [1.165, 1.54) is 12.6 Å². The van der Waals surface area contributed by atoms with Gasteiger partial charge in [0.15, 0.2) is 0 Å². The highest BCUT2D eigenvalue weighted by Crippen LogP contribution is 2.01. The maximum absolute atomic E-state index is 8.06. The van der Waals surface area contributed by atoms with Crippen LogP contribution in [-0.2, 0) is 0 Å². The fraction of sp³-hybridized carbons (Fsp3) is 0.800. The van der Waals surface area contributed by atoms with Crippen molar-refractivity contribution in [3.63, 3.8) is 0 Å². The Kier molecular flexibility index (Phi) is 1.86. The third-order valence-corrected chi connectivity index (χ3v) is 1.35. The highest BCUT2D eigenvalue weighted by atomic mass is 16.4. The van der Waals surface area contributed by atoms with Gasteiger partial charge in [-0.15, -0.1) is 5.16 Å². The normalized spacial score (nSPS) is 29.8. The van der Waals surface area contributed by atoms with E-state index in [1.807, 2.05) is 0 Å². The van der Waals surface area contributed by atoms with Gasteiger partial charge in [0.2, 0.25) is 0 Å². The van der Waals surface area contributed by atoms with Gasteiger partial charge >= 0.3 is 0 Å². The number of nitrogens with zero attached hydrogens (tertiary/aromatic N) is 1. The monoisotopic (exact) mass is 114 g/mol. The first kappa shape index (κ1) is 5.56. The lowest BCUT2D eigenvalue weighted by Gasteiger charge is -1.97. The molecule has 0 aromatic heterocycles. The van der Waals surface area contributed by atoms with Crippen molar-refractivity contribution in [2.24, 2.45) is 5.16 Å². The molecule has 3 nitrogen and oxygen atoms in total. The summed E-state index contributed by atoms with van der Waals surface area (Å²) in [6.45, 7) is 1.05. The van der Waals surface area contributed by atoms with Gasteiger partial charge in [-0.25, -0.2) is 0 Å². The van der Waals surface area contributed by atoms with Crippen LogP contribution in [0.4, 0.5) is 0 Å². The lowest BCUT2D eigenvalue weighted by molar-refractivity contribution is 0.319. The molecule has 0 bridgehead atoms. The van der Waals surface area contributed by atoms with E-state index in [0.29, 0.717) is 6.04 Å². The fourth-order valence-electron chi connectivity index (χ4n) is 0.919. The Labute approximate surface area is 48.4 Å². The van der Waals surface area contributed by atoms with Gasteiger partial charge in [0, 0.05) is 6.04 Å². The van der Waals surface area contributed by atoms with Crippen molar-refractivity contribution >= 4 is 6.21 Å². The molecule has 1 heterocycles. The molecule has 1 rings (SSSR count). The maximum atomic E-state index is 8.06. The molecule has 1 fully saturated rings. The van der Waals surface area contributed by atoms with Crippen LogP contribution in [0.1, 0.15) is 12.8 Å². The van der Waals surface area contributed by atoms with Gasteiger partial charge in [-0.3, -0.25) is 0 Å². The minimum absolute atomic E-state index is 0.319. The van der Waals surface area contributed by atoms with Crippen molar-refractivity contribution in [3.05, 3.63) is 0 Å². The van der Waals surface area contributed by atoms with Crippen LogP contribution < -0.4 is 5.32 Å². The van der Waals surface area contributed by atoms with Crippen molar-refractivity contribution in [1.82, 2.24) is 5.32 Å². The van der Waals surface area contributed by atoms with Gasteiger partial charge in [-0.2, -0.15) is 0 Å². The van der Waals surface area contributed by atoms with Crippen LogP contribution in [0.15, 0.2) is 5.16 Å². The third-order valence-electron chi connectivity index (χ3n) is 1.35. The predicted molar refractivity (Wildman–Crippen MR) is 31.3 cm³/mol. The summed E-state index contributed by atoms with van der Waals surface area (Å²) < 4.78 is 0. The topological polar surface area (TPSA) is 44.6 Å². The van der Waals surface area contributed by atoms with E-state index in [-0.39, 0.29) is 0 Å². The van der Waals surface area contributed by atoms with Crippen LogP contribution in [0.25, 0.3) is 0 Å². The van der Waals surface area contributed by atoms with Crippen molar-refractivity contribution in [2.45, 2.75) is 18.9 Å². The van der Waals surface area contributed by atoms with Gasteiger partial charge in [-0.05, 0) is 19.4 Å². The Morgan fingerprint density at radius 2 is 2.62 bits per heavy atom. The van der Waals surface area contributed by atoms with E-state index < -0.39 is 0 Å². The second kappa shape index (κ2) is 2.67. The van der Waals surface area contributed by atoms with E-state index in [1.54, 1.807) is 0 Å². The molecule has 2 N–H and O–H groups in total. The Bertz CT molecular complexity index is 86.4. The molecule has 1 aliphatic heterocycles. The molecule has 3 heteroatoms. The van der Waals surface area contributed by atoms with E-state index in [9.17, 15) is 0 Å². The second-order valence-corrected chi connectivity index (χ2v) is 1.97. The zero-order chi connectivity index (χ0) is 5.82. The first-order chi connectivity index (χ1) is 3.93. The molecule has 1 unspecified atom stereocenters. The minimum atomic E-state index is 0.319. The molecule has 46 valence electrons. The van der Waals surface area contributed by atoms with Crippen molar-refractivity contribution in [3.8, 4) is 0 Å². The summed E-state index contributed by atoms with van der Waals surface area (Å²) in [5.74, 6) is 0. The number of rotatable bonds is 1. The molecule has 0 aromatic carbocycles. The number of hydrogen-bond acceptors (Lipinski definition) is 3. The summed E-state index contributed by atoms with van der Waals surface area (Å²) in [4.78, 5) is 0. The van der Waals surface area contributed by atoms with Crippen molar-refractivity contribution in [2.75, 3.05) is 6.54 Å². The Morgan fingerprint density at radius 3 is 3.12 bits per heavy atom. The Hall–Kier alpha value is -0.570. The van der Waals surface area contributed by atoms with Gasteiger partial charge in [0.05, 0.1) is 6.21 Å². The van der Waals surface area contributed by atoms with Gasteiger partial charge < -0.3 is 10.5 Å². The average molecular weight is 114 g/mol. The standard InChI is InChI=1S/C5H10N2O/c8-7-4-5-2-1-3-6-5/h4-6,8H,1-3H2. The Morgan fingerprint density at radius 1 is 1.75 bits per heavy atom. The highest BCUT2D eigenvalue weighted by molar-refractivity contribution is 5.63. The van der Waals surface area contributed by atoms with Crippen LogP contribution in [-0.4, -0.2) is 24.0 Å². The molecule has 1 saturated heterocycles.